The van der Waals surface area contributed by atoms with Crippen molar-refractivity contribution in [3.8, 4) is 17.6 Å². The fourth-order valence-electron chi connectivity index (χ4n) is 4.27. The highest BCUT2D eigenvalue weighted by molar-refractivity contribution is 9.10. The molecule has 202 valence electrons. The lowest BCUT2D eigenvalue weighted by Gasteiger charge is -2.13. The van der Waals surface area contributed by atoms with E-state index >= 15 is 0 Å². The SMILES string of the molecule is Cc1ccc(COc2ccc(NC(=O)/C(C#N)=C/c3c(OCc4ccc(Br)cc4)ccc4ccccc34)cc2)cc1. The molecule has 0 saturated heterocycles. The molecule has 0 spiro atoms. The van der Waals surface area contributed by atoms with Crippen molar-refractivity contribution < 1.29 is 14.3 Å². The third kappa shape index (κ3) is 7.21. The molecule has 41 heavy (non-hydrogen) atoms. The second kappa shape index (κ2) is 13.0. The molecule has 6 heteroatoms. The Hall–Kier alpha value is -4.86. The van der Waals surface area contributed by atoms with Gasteiger partial charge in [-0.1, -0.05) is 88.2 Å². The summed E-state index contributed by atoms with van der Waals surface area (Å²) in [5.74, 6) is 0.762. The number of hydrogen-bond donors (Lipinski definition) is 1. The predicted octanol–water partition coefficient (Wildman–Crippen LogP) is 8.61. The normalized spacial score (nSPS) is 11.1. The number of rotatable bonds is 9. The maximum Gasteiger partial charge on any atom is 0.266 e. The quantitative estimate of drug-likeness (QED) is 0.135. The van der Waals surface area contributed by atoms with Crippen LogP contribution in [0.3, 0.4) is 0 Å². The molecule has 0 unspecified atom stereocenters. The summed E-state index contributed by atoms with van der Waals surface area (Å²) in [7, 11) is 0. The van der Waals surface area contributed by atoms with Crippen LogP contribution in [-0.4, -0.2) is 5.91 Å². The van der Waals surface area contributed by atoms with Crippen molar-refractivity contribution in [2.45, 2.75) is 20.1 Å². The van der Waals surface area contributed by atoms with Crippen LogP contribution in [0.5, 0.6) is 11.5 Å². The fourth-order valence-corrected chi connectivity index (χ4v) is 4.53. The Morgan fingerprint density at radius 1 is 0.829 bits per heavy atom. The largest absolute Gasteiger partial charge is 0.489 e. The maximum absolute atomic E-state index is 13.2. The third-order valence-electron chi connectivity index (χ3n) is 6.53. The van der Waals surface area contributed by atoms with Crippen LogP contribution >= 0.6 is 15.9 Å². The Kier molecular flexibility index (Phi) is 8.78. The van der Waals surface area contributed by atoms with Gasteiger partial charge in [-0.15, -0.1) is 0 Å². The minimum absolute atomic E-state index is 0.0328. The molecule has 0 aliphatic rings. The van der Waals surface area contributed by atoms with Crippen molar-refractivity contribution >= 4 is 44.4 Å². The van der Waals surface area contributed by atoms with Crippen molar-refractivity contribution in [1.29, 1.82) is 5.26 Å². The van der Waals surface area contributed by atoms with E-state index < -0.39 is 5.91 Å². The van der Waals surface area contributed by atoms with Gasteiger partial charge in [-0.2, -0.15) is 5.26 Å². The molecule has 5 nitrogen and oxygen atoms in total. The number of ether oxygens (including phenoxy) is 2. The van der Waals surface area contributed by atoms with Crippen LogP contribution < -0.4 is 14.8 Å². The van der Waals surface area contributed by atoms with Crippen LogP contribution in [0, 0.1) is 18.3 Å². The summed E-state index contributed by atoms with van der Waals surface area (Å²) < 4.78 is 13.0. The van der Waals surface area contributed by atoms with Gasteiger partial charge in [0.2, 0.25) is 0 Å². The van der Waals surface area contributed by atoms with Gasteiger partial charge in [-0.05, 0) is 77.4 Å². The van der Waals surface area contributed by atoms with Gasteiger partial charge in [-0.3, -0.25) is 4.79 Å². The number of halogens is 1. The Bertz CT molecular complexity index is 1740. The average Bonchev–Trinajstić information content (AvgIpc) is 3.00. The number of nitrogens with one attached hydrogen (secondary N) is 1. The van der Waals surface area contributed by atoms with E-state index in [1.54, 1.807) is 30.3 Å². The Morgan fingerprint density at radius 2 is 1.49 bits per heavy atom. The molecule has 0 radical (unpaired) electrons. The smallest absolute Gasteiger partial charge is 0.266 e. The summed E-state index contributed by atoms with van der Waals surface area (Å²) in [5, 5.41) is 14.6. The second-order valence-corrected chi connectivity index (χ2v) is 10.5. The minimum atomic E-state index is -0.507. The summed E-state index contributed by atoms with van der Waals surface area (Å²) in [4.78, 5) is 13.2. The molecule has 5 rings (SSSR count). The van der Waals surface area contributed by atoms with Gasteiger partial charge in [0.1, 0.15) is 36.4 Å². The topological polar surface area (TPSA) is 71.3 Å². The number of nitriles is 1. The number of aryl methyl sites for hydroxylation is 1. The minimum Gasteiger partial charge on any atom is -0.489 e. The first-order chi connectivity index (χ1) is 20.0. The van der Waals surface area contributed by atoms with Crippen LogP contribution in [0.25, 0.3) is 16.8 Å². The van der Waals surface area contributed by atoms with Gasteiger partial charge in [0.15, 0.2) is 0 Å². The lowest BCUT2D eigenvalue weighted by Crippen LogP contribution is -2.13. The van der Waals surface area contributed by atoms with Crippen molar-refractivity contribution in [1.82, 2.24) is 0 Å². The molecule has 0 aliphatic heterocycles. The molecule has 0 aromatic heterocycles. The van der Waals surface area contributed by atoms with E-state index in [2.05, 4.69) is 27.3 Å². The van der Waals surface area contributed by atoms with E-state index in [0.717, 1.165) is 26.4 Å². The molecule has 0 fully saturated rings. The molecule has 0 heterocycles. The lowest BCUT2D eigenvalue weighted by molar-refractivity contribution is -0.112. The first kappa shape index (κ1) is 27.7. The first-order valence-corrected chi connectivity index (χ1v) is 13.9. The maximum atomic E-state index is 13.2. The van der Waals surface area contributed by atoms with Crippen LogP contribution in [-0.2, 0) is 18.0 Å². The highest BCUT2D eigenvalue weighted by Crippen LogP contribution is 2.31. The summed E-state index contributed by atoms with van der Waals surface area (Å²) in [6.45, 7) is 2.84. The number of nitrogens with zero attached hydrogens (tertiary/aromatic N) is 1. The standard InChI is InChI=1S/C35H27BrN2O3/c1-24-6-8-25(9-7-24)22-40-31-17-15-30(16-18-31)38-35(39)28(21-37)20-33-32-5-3-2-4-27(32)12-19-34(33)41-23-26-10-13-29(36)14-11-26/h2-20H,22-23H2,1H3,(H,38,39)/b28-20+. The molecular weight excluding hydrogens is 576 g/mol. The molecule has 0 atom stereocenters. The van der Waals surface area contributed by atoms with E-state index in [-0.39, 0.29) is 5.57 Å². The van der Waals surface area contributed by atoms with Crippen molar-refractivity contribution in [3.05, 3.63) is 141 Å². The lowest BCUT2D eigenvalue weighted by atomic mass is 10.0. The zero-order valence-corrected chi connectivity index (χ0v) is 24.0. The van der Waals surface area contributed by atoms with Gasteiger partial charge >= 0.3 is 0 Å². The number of fused-ring (bicyclic) bond motifs is 1. The molecule has 1 amide bonds. The number of amides is 1. The zero-order valence-electron chi connectivity index (χ0n) is 22.4. The van der Waals surface area contributed by atoms with Gasteiger partial charge in [0, 0.05) is 15.7 Å². The number of anilines is 1. The van der Waals surface area contributed by atoms with Crippen molar-refractivity contribution in [3.63, 3.8) is 0 Å². The third-order valence-corrected chi connectivity index (χ3v) is 7.06. The fraction of sp³-hybridized carbons (Fsp3) is 0.0857. The summed E-state index contributed by atoms with van der Waals surface area (Å²) in [6.07, 6.45) is 1.59. The molecule has 1 N–H and O–H groups in total. The summed E-state index contributed by atoms with van der Waals surface area (Å²) in [5.41, 5.74) is 4.47. The Balaban J connectivity index is 1.33. The van der Waals surface area contributed by atoms with E-state index in [9.17, 15) is 10.1 Å². The van der Waals surface area contributed by atoms with Crippen LogP contribution in [0.15, 0.2) is 119 Å². The van der Waals surface area contributed by atoms with Crippen molar-refractivity contribution in [2.24, 2.45) is 0 Å². The summed E-state index contributed by atoms with van der Waals surface area (Å²) in [6, 6.07) is 36.8. The predicted molar refractivity (Wildman–Crippen MR) is 167 cm³/mol. The van der Waals surface area contributed by atoms with E-state index in [4.69, 9.17) is 9.47 Å². The number of carbonyl (C=O) groups is 1. The zero-order chi connectivity index (χ0) is 28.6. The number of carbonyl (C=O) groups excluding carboxylic acids is 1. The van der Waals surface area contributed by atoms with Crippen LogP contribution in [0.1, 0.15) is 22.3 Å². The van der Waals surface area contributed by atoms with Crippen LogP contribution in [0.4, 0.5) is 5.69 Å². The van der Waals surface area contributed by atoms with Gasteiger partial charge in [0.25, 0.3) is 5.91 Å². The number of benzene rings is 5. The monoisotopic (exact) mass is 602 g/mol. The van der Waals surface area contributed by atoms with E-state index in [1.807, 2.05) is 91.9 Å². The van der Waals surface area contributed by atoms with Gasteiger partial charge in [-0.25, -0.2) is 0 Å². The molecular formula is C35H27BrN2O3. The second-order valence-electron chi connectivity index (χ2n) is 9.54. The molecule has 0 aliphatic carbocycles. The Labute approximate surface area is 247 Å². The first-order valence-electron chi connectivity index (χ1n) is 13.1. The average molecular weight is 604 g/mol. The van der Waals surface area contributed by atoms with E-state index in [1.165, 1.54) is 5.56 Å². The summed E-state index contributed by atoms with van der Waals surface area (Å²) >= 11 is 3.45. The highest BCUT2D eigenvalue weighted by Gasteiger charge is 2.14. The number of hydrogen-bond acceptors (Lipinski definition) is 4. The van der Waals surface area contributed by atoms with Gasteiger partial charge in [0.05, 0.1) is 0 Å². The Morgan fingerprint density at radius 3 is 2.20 bits per heavy atom. The van der Waals surface area contributed by atoms with Crippen LogP contribution in [0.2, 0.25) is 0 Å². The van der Waals surface area contributed by atoms with E-state index in [0.29, 0.717) is 36.0 Å². The van der Waals surface area contributed by atoms with Crippen molar-refractivity contribution in [2.75, 3.05) is 5.32 Å². The molecule has 0 saturated carbocycles. The molecule has 5 aromatic carbocycles. The highest BCUT2D eigenvalue weighted by atomic mass is 79.9. The van der Waals surface area contributed by atoms with Gasteiger partial charge < -0.3 is 14.8 Å². The molecule has 0 bridgehead atoms. The molecule has 5 aromatic rings.